The van der Waals surface area contributed by atoms with Gasteiger partial charge in [-0.05, 0) is 31.0 Å². The number of amides is 1. The molecule has 13 heteroatoms. The van der Waals surface area contributed by atoms with Crippen molar-refractivity contribution >= 4 is 15.9 Å². The summed E-state index contributed by atoms with van der Waals surface area (Å²) in [6.07, 6.45) is -7.24. The Morgan fingerprint density at radius 3 is 1.79 bits per heavy atom. The van der Waals surface area contributed by atoms with Crippen molar-refractivity contribution in [3.63, 3.8) is 0 Å². The van der Waals surface area contributed by atoms with Gasteiger partial charge in [0, 0.05) is 26.2 Å². The van der Waals surface area contributed by atoms with Crippen LogP contribution in [0.1, 0.15) is 43.2 Å². The van der Waals surface area contributed by atoms with Gasteiger partial charge in [0.25, 0.3) is 0 Å². The Kier molecular flexibility index (Phi) is 6.74. The van der Waals surface area contributed by atoms with Gasteiger partial charge in [0.2, 0.25) is 15.9 Å². The highest BCUT2D eigenvalue weighted by atomic mass is 32.2. The molecule has 33 heavy (non-hydrogen) atoms. The number of nitriles is 1. The van der Waals surface area contributed by atoms with Gasteiger partial charge in [-0.15, -0.1) is 0 Å². The number of carbonyl (C=O) groups is 1. The minimum Gasteiger partial charge on any atom is -0.339 e. The fourth-order valence-electron chi connectivity index (χ4n) is 4.19. The summed E-state index contributed by atoms with van der Waals surface area (Å²) in [5.74, 6) is -0.417. The maximum absolute atomic E-state index is 13.1. The first-order valence-electron chi connectivity index (χ1n) is 10.2. The van der Waals surface area contributed by atoms with Gasteiger partial charge < -0.3 is 4.90 Å². The van der Waals surface area contributed by atoms with Crippen LogP contribution in [0, 0.1) is 16.7 Å². The normalized spacial score (nSPS) is 20.3. The Balaban J connectivity index is 1.83. The molecule has 0 spiro atoms. The van der Waals surface area contributed by atoms with Gasteiger partial charge in [-0.25, -0.2) is 8.42 Å². The standard InChI is InChI=1S/C20H21F6N3O3S/c21-19(22,23)14-10-15(20(24,25)26)12-16(11-14)33(31,32)29-8-6-28(7-9-29)17(30)18(13-27)4-2-1-3-5-18/h10-12H,1-9H2. The average Bonchev–Trinajstić information content (AvgIpc) is 2.77. The van der Waals surface area contributed by atoms with Crippen molar-refractivity contribution in [3.05, 3.63) is 29.3 Å². The molecule has 1 amide bonds. The molecular weight excluding hydrogens is 476 g/mol. The van der Waals surface area contributed by atoms with E-state index in [4.69, 9.17) is 0 Å². The zero-order chi connectivity index (χ0) is 24.7. The first-order chi connectivity index (χ1) is 15.2. The Morgan fingerprint density at radius 2 is 1.36 bits per heavy atom. The lowest BCUT2D eigenvalue weighted by Gasteiger charge is -2.39. The fourth-order valence-corrected chi connectivity index (χ4v) is 5.68. The molecule has 0 unspecified atom stereocenters. The molecule has 1 aromatic rings. The van der Waals surface area contributed by atoms with Crippen molar-refractivity contribution in [1.29, 1.82) is 5.26 Å². The molecule has 3 rings (SSSR count). The predicted octanol–water partition coefficient (Wildman–Crippen LogP) is 4.03. The summed E-state index contributed by atoms with van der Waals surface area (Å²) >= 11 is 0. The Morgan fingerprint density at radius 1 is 0.879 bits per heavy atom. The quantitative estimate of drug-likeness (QED) is 0.591. The van der Waals surface area contributed by atoms with Gasteiger partial charge in [-0.3, -0.25) is 4.79 Å². The third-order valence-corrected chi connectivity index (χ3v) is 7.93. The highest BCUT2D eigenvalue weighted by molar-refractivity contribution is 7.89. The fraction of sp³-hybridized carbons (Fsp3) is 0.600. The van der Waals surface area contributed by atoms with Crippen molar-refractivity contribution < 1.29 is 39.6 Å². The number of halogens is 6. The second-order valence-corrected chi connectivity index (χ2v) is 10.1. The Bertz CT molecular complexity index is 1020. The first kappa shape index (κ1) is 25.3. The summed E-state index contributed by atoms with van der Waals surface area (Å²) in [7, 11) is -4.69. The lowest BCUT2D eigenvalue weighted by molar-refractivity contribution is -0.144. The number of piperazine rings is 1. The van der Waals surface area contributed by atoms with Crippen LogP contribution < -0.4 is 0 Å². The number of hydrogen-bond acceptors (Lipinski definition) is 4. The number of benzene rings is 1. The molecule has 1 saturated heterocycles. The second kappa shape index (κ2) is 8.79. The number of rotatable bonds is 3. The molecule has 0 radical (unpaired) electrons. The average molecular weight is 497 g/mol. The summed E-state index contributed by atoms with van der Waals surface area (Å²) in [4.78, 5) is 13.1. The van der Waals surface area contributed by atoms with Crippen LogP contribution in [0.2, 0.25) is 0 Å². The van der Waals surface area contributed by atoms with E-state index in [1.54, 1.807) is 0 Å². The molecule has 1 aromatic carbocycles. The summed E-state index contributed by atoms with van der Waals surface area (Å²) in [5, 5.41) is 9.57. The van der Waals surface area contributed by atoms with E-state index >= 15 is 0 Å². The van der Waals surface area contributed by atoms with Crippen molar-refractivity contribution in [2.75, 3.05) is 26.2 Å². The molecule has 0 aromatic heterocycles. The van der Waals surface area contributed by atoms with E-state index in [2.05, 4.69) is 6.07 Å². The lowest BCUT2D eigenvalue weighted by atomic mass is 9.74. The molecule has 182 valence electrons. The molecule has 0 atom stereocenters. The van der Waals surface area contributed by atoms with Crippen LogP contribution in [-0.4, -0.2) is 49.7 Å². The number of carbonyl (C=O) groups excluding carboxylic acids is 1. The molecule has 0 bridgehead atoms. The molecule has 1 aliphatic carbocycles. The zero-order valence-corrected chi connectivity index (χ0v) is 18.2. The summed E-state index contributed by atoms with van der Waals surface area (Å²) < 4.78 is 105. The topological polar surface area (TPSA) is 81.5 Å². The van der Waals surface area contributed by atoms with Gasteiger partial charge in [0.1, 0.15) is 5.41 Å². The van der Waals surface area contributed by atoms with Crippen LogP contribution in [0.5, 0.6) is 0 Å². The molecule has 1 heterocycles. The van der Waals surface area contributed by atoms with Crippen LogP contribution in [0.25, 0.3) is 0 Å². The number of nitrogens with zero attached hydrogens (tertiary/aromatic N) is 3. The summed E-state index contributed by atoms with van der Waals surface area (Å²) in [6.45, 7) is -0.862. The molecule has 2 aliphatic rings. The molecule has 1 aliphatic heterocycles. The van der Waals surface area contributed by atoms with Crippen LogP contribution in [0.4, 0.5) is 26.3 Å². The smallest absolute Gasteiger partial charge is 0.339 e. The van der Waals surface area contributed by atoms with E-state index in [0.717, 1.165) is 10.7 Å². The van der Waals surface area contributed by atoms with Gasteiger partial charge in [0.05, 0.1) is 22.1 Å². The van der Waals surface area contributed by atoms with Crippen molar-refractivity contribution in [1.82, 2.24) is 9.21 Å². The van der Waals surface area contributed by atoms with Crippen LogP contribution >= 0.6 is 0 Å². The van der Waals surface area contributed by atoms with E-state index in [1.165, 1.54) is 4.90 Å². The van der Waals surface area contributed by atoms with E-state index in [-0.39, 0.29) is 44.4 Å². The van der Waals surface area contributed by atoms with Crippen LogP contribution in [0.15, 0.2) is 23.1 Å². The zero-order valence-electron chi connectivity index (χ0n) is 17.3. The number of hydrogen-bond donors (Lipinski definition) is 0. The molecule has 0 N–H and O–H groups in total. The van der Waals surface area contributed by atoms with Gasteiger partial charge in [-0.2, -0.15) is 35.9 Å². The highest BCUT2D eigenvalue weighted by Crippen LogP contribution is 2.39. The largest absolute Gasteiger partial charge is 0.416 e. The monoisotopic (exact) mass is 497 g/mol. The minimum atomic E-state index is -5.18. The van der Waals surface area contributed by atoms with E-state index in [0.29, 0.717) is 25.7 Å². The van der Waals surface area contributed by atoms with Crippen molar-refractivity contribution in [2.45, 2.75) is 49.4 Å². The van der Waals surface area contributed by atoms with Gasteiger partial charge >= 0.3 is 12.4 Å². The van der Waals surface area contributed by atoms with Crippen molar-refractivity contribution in [2.24, 2.45) is 5.41 Å². The van der Waals surface area contributed by atoms with Crippen molar-refractivity contribution in [3.8, 4) is 6.07 Å². The summed E-state index contributed by atoms with van der Waals surface area (Å²) in [6, 6.07) is 2.30. The molecule has 6 nitrogen and oxygen atoms in total. The maximum atomic E-state index is 13.1. The van der Waals surface area contributed by atoms with Gasteiger partial charge in [0.15, 0.2) is 0 Å². The van der Waals surface area contributed by atoms with Crippen LogP contribution in [-0.2, 0) is 27.2 Å². The second-order valence-electron chi connectivity index (χ2n) is 8.19. The Hall–Kier alpha value is -2.33. The van der Waals surface area contributed by atoms with E-state index in [1.807, 2.05) is 0 Å². The summed E-state index contributed by atoms with van der Waals surface area (Å²) in [5.41, 5.74) is -4.63. The number of alkyl halides is 6. The minimum absolute atomic E-state index is 0.118. The third kappa shape index (κ3) is 5.11. The maximum Gasteiger partial charge on any atom is 0.416 e. The molecular formula is C20H21F6N3O3S. The molecule has 2 fully saturated rings. The van der Waals surface area contributed by atoms with E-state index < -0.39 is 49.7 Å². The van der Waals surface area contributed by atoms with E-state index in [9.17, 15) is 44.8 Å². The third-order valence-electron chi connectivity index (χ3n) is 6.06. The SMILES string of the molecule is N#CC1(C(=O)N2CCN(S(=O)(=O)c3cc(C(F)(F)F)cc(C(F)(F)F)c3)CC2)CCCCC1. The molecule has 1 saturated carbocycles. The number of sulfonamides is 1. The Labute approximate surface area is 186 Å². The predicted molar refractivity (Wildman–Crippen MR) is 103 cm³/mol. The first-order valence-corrected chi connectivity index (χ1v) is 11.6. The highest BCUT2D eigenvalue weighted by Gasteiger charge is 2.44. The van der Waals surface area contributed by atoms with Crippen LogP contribution in [0.3, 0.4) is 0 Å². The lowest BCUT2D eigenvalue weighted by Crippen LogP contribution is -2.54. The van der Waals surface area contributed by atoms with Gasteiger partial charge in [-0.1, -0.05) is 19.3 Å².